The van der Waals surface area contributed by atoms with Gasteiger partial charge in [-0.3, -0.25) is 28.6 Å². The Balaban J connectivity index is 1.79. The molecule has 17 nitrogen and oxygen atoms in total. The van der Waals surface area contributed by atoms with Crippen LogP contribution >= 0.6 is 7.82 Å². The number of carboxylic acid groups (broad SMARTS) is 1. The Morgan fingerprint density at radius 1 is 1.34 bits per heavy atom. The second kappa shape index (κ2) is 10.5. The van der Waals surface area contributed by atoms with E-state index in [1.54, 1.807) is 0 Å². The summed E-state index contributed by atoms with van der Waals surface area (Å²) in [5.74, 6) is -1.42. The van der Waals surface area contributed by atoms with E-state index in [1.165, 1.54) is 6.92 Å². The molecule has 18 heteroatoms. The number of amides is 2. The molecule has 2 amide bonds. The van der Waals surface area contributed by atoms with Gasteiger partial charge >= 0.3 is 17.7 Å². The number of rotatable bonds is 2. The van der Waals surface area contributed by atoms with E-state index in [4.69, 9.17) is 24.3 Å². The lowest BCUT2D eigenvalue weighted by Crippen LogP contribution is -2.52. The number of phosphoric acid groups is 1. The van der Waals surface area contributed by atoms with Gasteiger partial charge in [0.1, 0.15) is 24.7 Å². The summed E-state index contributed by atoms with van der Waals surface area (Å²) in [5, 5.41) is 30.1. The highest BCUT2D eigenvalue weighted by Crippen LogP contribution is 2.45. The van der Waals surface area contributed by atoms with Crippen LogP contribution in [0.15, 0.2) is 15.8 Å². The highest BCUT2D eigenvalue weighted by molar-refractivity contribution is 7.45. The van der Waals surface area contributed by atoms with Gasteiger partial charge in [-0.2, -0.15) is 0 Å². The second-order valence-corrected chi connectivity index (χ2v) is 11.1. The summed E-state index contributed by atoms with van der Waals surface area (Å²) in [4.78, 5) is 65.3. The van der Waals surface area contributed by atoms with Crippen molar-refractivity contribution in [2.45, 2.75) is 63.1 Å². The van der Waals surface area contributed by atoms with Crippen molar-refractivity contribution in [1.82, 2.24) is 14.5 Å². The predicted octanol–water partition coefficient (Wildman–Crippen LogP) is -2.81. The summed E-state index contributed by atoms with van der Waals surface area (Å²) in [6, 6.07) is -1.11. The number of primary amides is 1. The van der Waals surface area contributed by atoms with Crippen LogP contribution in [0.4, 0.5) is 4.79 Å². The summed E-state index contributed by atoms with van der Waals surface area (Å²) in [6.45, 7) is -0.758. The lowest BCUT2D eigenvalue weighted by molar-refractivity contribution is -0.234. The van der Waals surface area contributed by atoms with E-state index < -0.39 is 99.5 Å². The Morgan fingerprint density at radius 3 is 2.68 bits per heavy atom. The van der Waals surface area contributed by atoms with E-state index in [0.29, 0.717) is 0 Å². The quantitative estimate of drug-likeness (QED) is 0.179. The molecule has 0 radical (unpaired) electrons. The Morgan fingerprint density at radius 2 is 2.05 bits per heavy atom. The van der Waals surface area contributed by atoms with Gasteiger partial charge in [-0.15, -0.1) is 0 Å². The number of aromatic nitrogens is 2. The molecule has 4 rings (SSSR count). The lowest BCUT2D eigenvalue weighted by Gasteiger charge is -2.34. The number of hydrogen-bond donors (Lipinski definition) is 5. The van der Waals surface area contributed by atoms with Crippen LogP contribution in [-0.2, 0) is 34.3 Å². The molecule has 0 saturated carbocycles. The number of ether oxygens (including phenoxy) is 2. The average molecular weight is 567 g/mol. The molecule has 0 aromatic carbocycles. The fraction of sp³-hybridized carbons (Fsp3) is 0.700. The number of phosphoric ester groups is 1. The van der Waals surface area contributed by atoms with Crippen molar-refractivity contribution in [1.29, 1.82) is 0 Å². The zero-order valence-electron chi connectivity index (χ0n) is 20.1. The molecule has 212 valence electrons. The molecule has 1 aromatic rings. The first-order valence-corrected chi connectivity index (χ1v) is 13.1. The maximum Gasteiger partial charge on any atom is 0.330 e. The van der Waals surface area contributed by atoms with Crippen LogP contribution in [0.1, 0.15) is 31.6 Å². The van der Waals surface area contributed by atoms with Crippen molar-refractivity contribution >= 4 is 19.8 Å². The molecule has 3 aliphatic rings. The number of carbonyl (C=O) groups excluding carboxylic acids is 1. The van der Waals surface area contributed by atoms with Gasteiger partial charge in [0.15, 0.2) is 0 Å². The van der Waals surface area contributed by atoms with Crippen LogP contribution in [0, 0.1) is 5.41 Å². The van der Waals surface area contributed by atoms with Gasteiger partial charge in [0.2, 0.25) is 0 Å². The maximum atomic E-state index is 12.6. The van der Waals surface area contributed by atoms with Crippen molar-refractivity contribution in [2.75, 3.05) is 19.8 Å². The van der Waals surface area contributed by atoms with Gasteiger partial charge in [-0.05, 0) is 13.3 Å². The standard InChI is InChI=1S/C20H29N4O13P/c1-20(17(28)29)4-9-5-23(19(31)22-16(9)27)14-2-10(26)13(36-14)7-34-38(32,33)37-11-3-15(35-12(11)6-25)24(8-20)18(21)30/h5,10-15,25-26H,2-4,6-8H2,1H3,(H2,21,30)(H,28,29)(H,32,33)(H,22,27,31)/p-1/t10-,11-,12-,13-,14-,15-,20-/m1/s1/i28+2,29+2. The molecule has 0 aliphatic carbocycles. The van der Waals surface area contributed by atoms with Gasteiger partial charge in [-0.1, -0.05) is 0 Å². The number of urea groups is 1. The summed E-state index contributed by atoms with van der Waals surface area (Å²) < 4.78 is 34.6. The third kappa shape index (κ3) is 5.69. The number of H-pyrrole nitrogens is 1. The molecule has 8 atom stereocenters. The molecule has 0 spiro atoms. The highest BCUT2D eigenvalue weighted by atomic mass is 31.2. The van der Waals surface area contributed by atoms with E-state index in [-0.39, 0.29) is 18.4 Å². The highest BCUT2D eigenvalue weighted by Gasteiger charge is 2.46. The summed E-state index contributed by atoms with van der Waals surface area (Å²) in [7, 11) is -5.08. The van der Waals surface area contributed by atoms with Crippen LogP contribution in [0.25, 0.3) is 0 Å². The van der Waals surface area contributed by atoms with Gasteiger partial charge < -0.3 is 44.5 Å². The molecule has 2 saturated heterocycles. The van der Waals surface area contributed by atoms with Crippen LogP contribution in [0.2, 0.25) is 0 Å². The summed E-state index contributed by atoms with van der Waals surface area (Å²) >= 11 is 0. The smallest absolute Gasteiger partial charge is 0.330 e. The first-order valence-electron chi connectivity index (χ1n) is 11.6. The van der Waals surface area contributed by atoms with Crippen molar-refractivity contribution in [3.8, 4) is 0 Å². The summed E-state index contributed by atoms with van der Waals surface area (Å²) in [6.07, 6.45) is -7.39. The molecule has 4 heterocycles. The van der Waals surface area contributed by atoms with Gasteiger partial charge in [0.05, 0.1) is 30.8 Å². The number of aliphatic carboxylic acids is 1. The third-order valence-corrected chi connectivity index (χ3v) is 7.82. The second-order valence-electron chi connectivity index (χ2n) is 9.70. The number of aromatic amines is 1. The fourth-order valence-electron chi connectivity index (χ4n) is 4.75. The number of nitrogens with two attached hydrogens (primary N) is 1. The van der Waals surface area contributed by atoms with Crippen LogP contribution in [-0.4, -0.2) is 92.2 Å². The first kappa shape index (κ1) is 28.4. The monoisotopic (exact) mass is 567 g/mol. The van der Waals surface area contributed by atoms with E-state index in [1.807, 2.05) is 0 Å². The third-order valence-electron chi connectivity index (χ3n) is 6.82. The van der Waals surface area contributed by atoms with Crippen LogP contribution in [0.3, 0.4) is 0 Å². The van der Waals surface area contributed by atoms with Crippen molar-refractivity contribution in [2.24, 2.45) is 11.1 Å². The number of nitrogens with one attached hydrogen (secondary N) is 1. The van der Waals surface area contributed by atoms with Crippen LogP contribution in [0.5, 0.6) is 0 Å². The molecular formula is C20H28N4O13P-. The van der Waals surface area contributed by atoms with Crippen molar-refractivity contribution < 1.29 is 52.9 Å². The minimum Gasteiger partial charge on any atom is -0.756 e. The number of aliphatic hydroxyl groups excluding tert-OH is 2. The maximum absolute atomic E-state index is 12.6. The molecule has 3 aliphatic heterocycles. The average Bonchev–Trinajstić information content (AvgIpc) is 3.39. The SMILES string of the molecule is C[C@@]1(C(=[18O])[18OH])Cc2cn(c(=O)[nH]c2=O)[C@H]2C[C@@H](O)[C@@H](COP(=O)([O-])O[C@@H]3C[C@@H](O[C@@H]3CO)N(C(N)=O)C1)O2. The minimum absolute atomic E-state index is 0.146. The Labute approximate surface area is 214 Å². The largest absolute Gasteiger partial charge is 0.756 e. The van der Waals surface area contributed by atoms with E-state index in [0.717, 1.165) is 15.7 Å². The zero-order valence-corrected chi connectivity index (χ0v) is 21.0. The number of carboxylic acids is 1. The number of aliphatic hydroxyl groups is 2. The predicted molar refractivity (Wildman–Crippen MR) is 120 cm³/mol. The van der Waals surface area contributed by atoms with E-state index in [2.05, 4.69) is 4.98 Å². The zero-order chi connectivity index (χ0) is 28.0. The first-order chi connectivity index (χ1) is 17.7. The van der Waals surface area contributed by atoms with Crippen LogP contribution < -0.4 is 21.9 Å². The van der Waals surface area contributed by atoms with Gasteiger partial charge in [0.25, 0.3) is 13.4 Å². The number of carbonyl (C=O) groups is 2. The Kier molecular flexibility index (Phi) is 7.84. The molecule has 2 fully saturated rings. The number of fused-ring (bicyclic) bond motifs is 7. The van der Waals surface area contributed by atoms with Crippen molar-refractivity contribution in [3.05, 3.63) is 32.6 Å². The van der Waals surface area contributed by atoms with Gasteiger partial charge in [0, 0.05) is 31.1 Å². The fourth-order valence-corrected chi connectivity index (χ4v) is 5.69. The number of nitrogens with zero attached hydrogens (tertiary/aromatic N) is 2. The molecule has 6 N–H and O–H groups in total. The molecular weight excluding hydrogens is 539 g/mol. The summed E-state index contributed by atoms with van der Waals surface area (Å²) in [5.41, 5.74) is 1.71. The molecule has 1 aromatic heterocycles. The lowest BCUT2D eigenvalue weighted by atomic mass is 9.84. The van der Waals surface area contributed by atoms with E-state index in [9.17, 15) is 44.0 Å². The molecule has 38 heavy (non-hydrogen) atoms. The Bertz CT molecular complexity index is 1250. The van der Waals surface area contributed by atoms with Crippen molar-refractivity contribution in [3.63, 3.8) is 0 Å². The molecule has 6 bridgehead atoms. The Hall–Kier alpha value is -2.63. The van der Waals surface area contributed by atoms with E-state index >= 15 is 0 Å². The number of hydrogen-bond acceptors (Lipinski definition) is 12. The normalized spacial score (nSPS) is 38.1. The topological polar surface area (TPSA) is 256 Å². The minimum atomic E-state index is -5.08. The van der Waals surface area contributed by atoms with Gasteiger partial charge in [-0.25, -0.2) is 9.59 Å². The molecule has 1 unspecified atom stereocenters.